The molecule has 0 saturated heterocycles. The first-order valence-corrected chi connectivity index (χ1v) is 17.1. The number of hydrogen-bond acceptors (Lipinski definition) is 8. The molecule has 5 amide bonds. The van der Waals surface area contributed by atoms with Crippen molar-refractivity contribution in [1.82, 2.24) is 30.4 Å². The third-order valence-corrected chi connectivity index (χ3v) is 8.59. The van der Waals surface area contributed by atoms with Gasteiger partial charge >= 0.3 is 0 Å². The molecule has 2 aromatic carbocycles. The SMILES string of the molecule is CC(C)(C)[C@H](c1nn(-c2cc(F)ccc2F)cc1Cc1ccccc1)N(CC[C@H](N)C(=O)NNC(=O)CCCCCN1C(=O)C=CC1=O)C(=O)CO. The Morgan fingerprint density at radius 1 is 0.981 bits per heavy atom. The summed E-state index contributed by atoms with van der Waals surface area (Å²) in [5.41, 5.74) is 11.9. The number of nitrogens with one attached hydrogen (secondary N) is 2. The molecule has 4 rings (SSSR count). The normalized spacial score (nSPS) is 14.0. The first-order valence-electron chi connectivity index (χ1n) is 17.1. The van der Waals surface area contributed by atoms with Gasteiger partial charge in [-0.25, -0.2) is 13.5 Å². The van der Waals surface area contributed by atoms with Gasteiger partial charge in [-0.1, -0.05) is 57.5 Å². The Kier molecular flexibility index (Phi) is 13.5. The van der Waals surface area contributed by atoms with Gasteiger partial charge in [-0.15, -0.1) is 0 Å². The summed E-state index contributed by atoms with van der Waals surface area (Å²) >= 11 is 0. The van der Waals surface area contributed by atoms with Crippen LogP contribution in [0.4, 0.5) is 8.78 Å². The number of carbonyl (C=O) groups excluding carboxylic acids is 5. The molecular formula is C37H45F2N7O6. The number of imide groups is 1. The highest BCUT2D eigenvalue weighted by molar-refractivity contribution is 6.12. The van der Waals surface area contributed by atoms with Crippen LogP contribution in [0.5, 0.6) is 0 Å². The van der Waals surface area contributed by atoms with Crippen molar-refractivity contribution in [3.8, 4) is 5.69 Å². The van der Waals surface area contributed by atoms with E-state index in [4.69, 9.17) is 10.8 Å². The van der Waals surface area contributed by atoms with Crippen molar-refractivity contribution in [3.63, 3.8) is 0 Å². The second kappa shape index (κ2) is 17.8. The Labute approximate surface area is 300 Å². The molecule has 1 aliphatic heterocycles. The van der Waals surface area contributed by atoms with E-state index in [1.165, 1.54) is 21.7 Å². The molecule has 0 bridgehead atoms. The van der Waals surface area contributed by atoms with Crippen molar-refractivity contribution in [1.29, 1.82) is 0 Å². The summed E-state index contributed by atoms with van der Waals surface area (Å²) in [5.74, 6) is -3.90. The van der Waals surface area contributed by atoms with Gasteiger partial charge in [0.05, 0.1) is 17.8 Å². The second-order valence-corrected chi connectivity index (χ2v) is 13.7. The molecule has 0 fully saturated rings. The minimum atomic E-state index is -1.17. The molecule has 5 N–H and O–H groups in total. The summed E-state index contributed by atoms with van der Waals surface area (Å²) in [6, 6.07) is 10.5. The summed E-state index contributed by atoms with van der Waals surface area (Å²) in [5, 5.41) is 14.7. The Morgan fingerprint density at radius 2 is 1.67 bits per heavy atom. The molecule has 0 radical (unpaired) electrons. The van der Waals surface area contributed by atoms with Crippen LogP contribution in [0.25, 0.3) is 5.69 Å². The third kappa shape index (κ3) is 10.4. The van der Waals surface area contributed by atoms with E-state index < -0.39 is 53.5 Å². The topological polar surface area (TPSA) is 180 Å². The van der Waals surface area contributed by atoms with Crippen LogP contribution in [0, 0.1) is 17.0 Å². The number of aromatic nitrogens is 2. The van der Waals surface area contributed by atoms with Crippen LogP contribution in [0.3, 0.4) is 0 Å². The van der Waals surface area contributed by atoms with Crippen LogP contribution < -0.4 is 16.6 Å². The largest absolute Gasteiger partial charge is 0.387 e. The van der Waals surface area contributed by atoms with Crippen LogP contribution in [0.15, 0.2) is 66.9 Å². The highest BCUT2D eigenvalue weighted by atomic mass is 19.1. The summed E-state index contributed by atoms with van der Waals surface area (Å²) in [4.78, 5) is 64.3. The molecule has 1 aliphatic rings. The van der Waals surface area contributed by atoms with Crippen molar-refractivity contribution in [2.75, 3.05) is 19.7 Å². The molecule has 0 saturated carbocycles. The van der Waals surface area contributed by atoms with Gasteiger partial charge in [0.2, 0.25) is 11.8 Å². The minimum absolute atomic E-state index is 0.0595. The fourth-order valence-electron chi connectivity index (χ4n) is 5.98. The molecule has 52 heavy (non-hydrogen) atoms. The Bertz CT molecular complexity index is 1770. The highest BCUT2D eigenvalue weighted by Crippen LogP contribution is 2.40. The van der Waals surface area contributed by atoms with Gasteiger partial charge in [-0.05, 0) is 42.4 Å². The molecule has 2 atom stereocenters. The van der Waals surface area contributed by atoms with Crippen molar-refractivity contribution >= 4 is 29.5 Å². The monoisotopic (exact) mass is 721 g/mol. The number of nitrogens with zero attached hydrogens (tertiary/aromatic N) is 4. The maximum absolute atomic E-state index is 14.9. The van der Waals surface area contributed by atoms with E-state index >= 15 is 0 Å². The van der Waals surface area contributed by atoms with Crippen LogP contribution >= 0.6 is 0 Å². The van der Waals surface area contributed by atoms with E-state index in [1.54, 1.807) is 6.20 Å². The summed E-state index contributed by atoms with van der Waals surface area (Å²) in [6.07, 6.45) is 5.94. The molecule has 0 unspecified atom stereocenters. The van der Waals surface area contributed by atoms with Gasteiger partial charge in [0.1, 0.15) is 23.9 Å². The van der Waals surface area contributed by atoms with E-state index in [0.29, 0.717) is 36.9 Å². The molecule has 3 aromatic rings. The zero-order valence-corrected chi connectivity index (χ0v) is 29.5. The highest BCUT2D eigenvalue weighted by Gasteiger charge is 2.38. The summed E-state index contributed by atoms with van der Waals surface area (Å²) in [7, 11) is 0. The fourth-order valence-corrected chi connectivity index (χ4v) is 5.98. The fraction of sp³-hybridized carbons (Fsp3) is 0.405. The molecular weight excluding hydrogens is 676 g/mol. The predicted octanol–water partition coefficient (Wildman–Crippen LogP) is 3.00. The second-order valence-electron chi connectivity index (χ2n) is 13.7. The van der Waals surface area contributed by atoms with E-state index in [1.807, 2.05) is 51.1 Å². The number of rotatable bonds is 16. The lowest BCUT2D eigenvalue weighted by Crippen LogP contribution is -2.51. The average Bonchev–Trinajstić information content (AvgIpc) is 3.66. The van der Waals surface area contributed by atoms with E-state index in [2.05, 4.69) is 10.9 Å². The lowest BCUT2D eigenvalue weighted by molar-refractivity contribution is -0.140. The van der Waals surface area contributed by atoms with Crippen LogP contribution in [-0.2, 0) is 30.4 Å². The number of hydrogen-bond donors (Lipinski definition) is 4. The maximum Gasteiger partial charge on any atom is 0.255 e. The number of amides is 5. The van der Waals surface area contributed by atoms with Gasteiger partial charge in [0.15, 0.2) is 0 Å². The number of aliphatic hydroxyl groups is 1. The van der Waals surface area contributed by atoms with E-state index in [-0.39, 0.29) is 43.4 Å². The smallest absolute Gasteiger partial charge is 0.255 e. The molecule has 13 nitrogen and oxygen atoms in total. The lowest BCUT2D eigenvalue weighted by Gasteiger charge is -2.40. The zero-order chi connectivity index (χ0) is 38.0. The maximum atomic E-state index is 14.9. The molecule has 15 heteroatoms. The van der Waals surface area contributed by atoms with Gasteiger partial charge in [-0.2, -0.15) is 5.10 Å². The lowest BCUT2D eigenvalue weighted by atomic mass is 9.81. The van der Waals surface area contributed by atoms with Gasteiger partial charge in [0.25, 0.3) is 17.7 Å². The summed E-state index contributed by atoms with van der Waals surface area (Å²) in [6.45, 7) is 4.93. The van der Waals surface area contributed by atoms with Gasteiger partial charge < -0.3 is 15.7 Å². The Balaban J connectivity index is 1.44. The quantitative estimate of drug-likeness (QED) is 0.0991. The molecule has 278 valence electrons. The molecule has 1 aromatic heterocycles. The first-order chi connectivity index (χ1) is 24.7. The van der Waals surface area contributed by atoms with Crippen molar-refractivity contribution in [2.45, 2.75) is 71.4 Å². The van der Waals surface area contributed by atoms with Crippen LogP contribution in [0.1, 0.15) is 75.7 Å². The number of carbonyl (C=O) groups is 5. The van der Waals surface area contributed by atoms with Crippen molar-refractivity contribution in [2.24, 2.45) is 11.1 Å². The van der Waals surface area contributed by atoms with Gasteiger partial charge in [0, 0.05) is 55.9 Å². The number of benzene rings is 2. The Morgan fingerprint density at radius 3 is 2.33 bits per heavy atom. The zero-order valence-electron chi connectivity index (χ0n) is 29.5. The van der Waals surface area contributed by atoms with Crippen LogP contribution in [0.2, 0.25) is 0 Å². The number of halogens is 2. The average molecular weight is 722 g/mol. The number of aliphatic hydroxyl groups excluding tert-OH is 1. The summed E-state index contributed by atoms with van der Waals surface area (Å²) < 4.78 is 30.4. The van der Waals surface area contributed by atoms with Crippen molar-refractivity contribution in [3.05, 3.63) is 95.3 Å². The Hall–Kier alpha value is -5.28. The van der Waals surface area contributed by atoms with E-state index in [0.717, 1.165) is 28.7 Å². The molecule has 2 heterocycles. The van der Waals surface area contributed by atoms with Crippen LogP contribution in [-0.4, -0.2) is 80.0 Å². The van der Waals surface area contributed by atoms with E-state index in [9.17, 15) is 37.9 Å². The third-order valence-electron chi connectivity index (χ3n) is 8.59. The molecule has 0 spiro atoms. The molecule has 0 aliphatic carbocycles. The standard InChI is InChI=1S/C37H45F2N7O6/c1-37(2,3)35(34-25(20-24-10-6-4-7-11-24)22-46(43-34)29-21-26(38)13-14-27(29)39)45(33(51)23-47)19-17-28(40)36(52)42-41-30(48)12-8-5-9-18-44-31(49)15-16-32(44)50/h4,6-7,10-11,13-16,21-22,28,35,47H,5,8-9,12,17-20,23,40H2,1-3H3,(H,41,48)(H,42,52)/t28-,35-/m0/s1. The van der Waals surface area contributed by atoms with Gasteiger partial charge in [-0.3, -0.25) is 39.7 Å². The number of unbranched alkanes of at least 4 members (excludes halogenated alkanes) is 2. The number of nitrogens with two attached hydrogens (primary N) is 1. The van der Waals surface area contributed by atoms with Crippen molar-refractivity contribution < 1.29 is 37.9 Å². The predicted molar refractivity (Wildman–Crippen MR) is 187 cm³/mol. The first kappa shape index (κ1) is 39.5. The number of hydrazine groups is 1. The minimum Gasteiger partial charge on any atom is -0.387 e.